The first-order valence-electron chi connectivity index (χ1n) is 12.0. The second-order valence-corrected chi connectivity index (χ2v) is 13.3. The Morgan fingerprint density at radius 3 is 2.57 bits per heavy atom. The van der Waals surface area contributed by atoms with E-state index in [1.807, 2.05) is 6.07 Å². The maximum Gasteiger partial charge on any atom is 0.253 e. The summed E-state index contributed by atoms with van der Waals surface area (Å²) in [5.74, 6) is -0.212. The van der Waals surface area contributed by atoms with Crippen molar-refractivity contribution in [2.45, 2.75) is 50.3 Å². The van der Waals surface area contributed by atoms with Crippen molar-refractivity contribution in [3.8, 4) is 0 Å². The van der Waals surface area contributed by atoms with E-state index in [9.17, 15) is 13.2 Å². The third kappa shape index (κ3) is 5.57. The average Bonchev–Trinajstić information content (AvgIpc) is 3.60. The van der Waals surface area contributed by atoms with Gasteiger partial charge in [-0.1, -0.05) is 49.8 Å². The predicted octanol–water partition coefficient (Wildman–Crippen LogP) is 5.10. The molecule has 1 amide bonds. The Labute approximate surface area is 220 Å². The Kier molecular flexibility index (Phi) is 8.50. The Hall–Kier alpha value is -1.56. The van der Waals surface area contributed by atoms with Gasteiger partial charge in [-0.15, -0.1) is 11.3 Å². The molecule has 1 saturated heterocycles. The van der Waals surface area contributed by atoms with Crippen molar-refractivity contribution in [1.29, 1.82) is 0 Å². The lowest BCUT2D eigenvalue weighted by molar-refractivity contribution is -0.121. The fraction of sp³-hybridized carbons (Fsp3) is 0.500. The molecular weight excluding hydrogens is 524 g/mol. The van der Waals surface area contributed by atoms with Crippen molar-refractivity contribution >= 4 is 65.6 Å². The molecule has 7 nitrogen and oxygen atoms in total. The number of anilines is 1. The first-order valence-corrected chi connectivity index (χ1v) is 15.4. The molecule has 0 bridgehead atoms. The Morgan fingerprint density at radius 1 is 1.14 bits per heavy atom. The highest BCUT2D eigenvalue weighted by Crippen LogP contribution is 2.35. The highest BCUT2D eigenvalue weighted by atomic mass is 35.5. The van der Waals surface area contributed by atoms with E-state index in [0.29, 0.717) is 41.9 Å². The van der Waals surface area contributed by atoms with Gasteiger partial charge >= 0.3 is 0 Å². The molecule has 0 N–H and O–H groups in total. The van der Waals surface area contributed by atoms with E-state index < -0.39 is 16.1 Å². The summed E-state index contributed by atoms with van der Waals surface area (Å²) >= 11 is 8.52. The lowest BCUT2D eigenvalue weighted by atomic mass is 10.2. The van der Waals surface area contributed by atoms with Gasteiger partial charge in [-0.3, -0.25) is 9.69 Å². The van der Waals surface area contributed by atoms with Crippen LogP contribution in [0.1, 0.15) is 39.2 Å². The predicted molar refractivity (Wildman–Crippen MR) is 145 cm³/mol. The van der Waals surface area contributed by atoms with Crippen molar-refractivity contribution in [3.05, 3.63) is 40.2 Å². The van der Waals surface area contributed by atoms with Crippen LogP contribution >= 0.6 is 34.3 Å². The summed E-state index contributed by atoms with van der Waals surface area (Å²) in [6.45, 7) is 9.51. The largest absolute Gasteiger partial charge is 0.302 e. The molecule has 3 heterocycles. The molecule has 1 aliphatic heterocycles. The fourth-order valence-electron chi connectivity index (χ4n) is 4.38. The van der Waals surface area contributed by atoms with Gasteiger partial charge in [-0.25, -0.2) is 13.4 Å². The van der Waals surface area contributed by atoms with Crippen molar-refractivity contribution in [1.82, 2.24) is 14.2 Å². The van der Waals surface area contributed by atoms with Gasteiger partial charge in [-0.2, -0.15) is 4.31 Å². The van der Waals surface area contributed by atoms with Crippen molar-refractivity contribution in [3.63, 3.8) is 0 Å². The minimum absolute atomic E-state index is 0.170. The third-order valence-corrected chi connectivity index (χ3v) is 11.1. The smallest absolute Gasteiger partial charge is 0.253 e. The third-order valence-electron chi connectivity index (χ3n) is 6.48. The number of benzene rings is 1. The van der Waals surface area contributed by atoms with Crippen molar-refractivity contribution in [2.24, 2.45) is 0 Å². The fourth-order valence-corrected chi connectivity index (χ4v) is 8.70. The lowest BCUT2D eigenvalue weighted by Gasteiger charge is -2.29. The zero-order valence-electron chi connectivity index (χ0n) is 20.2. The Balaban J connectivity index is 1.67. The van der Waals surface area contributed by atoms with Crippen LogP contribution in [-0.4, -0.2) is 67.3 Å². The number of hydrogen-bond acceptors (Lipinski definition) is 7. The van der Waals surface area contributed by atoms with Crippen LogP contribution in [0.4, 0.5) is 5.13 Å². The van der Waals surface area contributed by atoms with Gasteiger partial charge in [-0.05, 0) is 62.2 Å². The molecule has 2 aromatic heterocycles. The lowest BCUT2D eigenvalue weighted by Crippen LogP contribution is -2.49. The monoisotopic (exact) mass is 554 g/mol. The van der Waals surface area contributed by atoms with Crippen LogP contribution in [0.25, 0.3) is 10.2 Å². The molecule has 190 valence electrons. The molecule has 0 radical (unpaired) electrons. The summed E-state index contributed by atoms with van der Waals surface area (Å²) < 4.78 is 29.7. The van der Waals surface area contributed by atoms with Crippen molar-refractivity contribution < 1.29 is 13.2 Å². The summed E-state index contributed by atoms with van der Waals surface area (Å²) in [7, 11) is -3.81. The van der Waals surface area contributed by atoms with E-state index in [1.165, 1.54) is 27.3 Å². The maximum absolute atomic E-state index is 14.0. The first kappa shape index (κ1) is 26.5. The second kappa shape index (κ2) is 11.2. The van der Waals surface area contributed by atoms with Gasteiger partial charge in [0.1, 0.15) is 10.3 Å². The van der Waals surface area contributed by atoms with Crippen LogP contribution in [0.15, 0.2) is 34.5 Å². The number of rotatable bonds is 10. The molecule has 1 aliphatic rings. The number of nitrogens with zero attached hydrogens (tertiary/aromatic N) is 4. The van der Waals surface area contributed by atoms with Crippen LogP contribution in [0.3, 0.4) is 0 Å². The molecule has 1 atom stereocenters. The molecule has 3 aromatic rings. The Bertz CT molecular complexity index is 1290. The van der Waals surface area contributed by atoms with Crippen LogP contribution in [0.2, 0.25) is 4.34 Å². The van der Waals surface area contributed by atoms with E-state index in [0.717, 1.165) is 41.1 Å². The molecule has 0 saturated carbocycles. The number of amides is 1. The zero-order chi connectivity index (χ0) is 25.2. The number of carbonyl (C=O) groups is 1. The number of aromatic nitrogens is 1. The number of hydrogen-bond donors (Lipinski definition) is 0. The van der Waals surface area contributed by atoms with Crippen LogP contribution in [0, 0.1) is 0 Å². The normalized spacial score (nSPS) is 17.0. The molecule has 35 heavy (non-hydrogen) atoms. The van der Waals surface area contributed by atoms with Crippen LogP contribution in [-0.2, 0) is 21.2 Å². The number of carbonyl (C=O) groups excluding carboxylic acids is 1. The van der Waals surface area contributed by atoms with Crippen molar-refractivity contribution in [2.75, 3.05) is 37.6 Å². The zero-order valence-corrected chi connectivity index (χ0v) is 23.4. The number of halogens is 1. The first-order chi connectivity index (χ1) is 16.8. The molecule has 1 unspecified atom stereocenters. The van der Waals surface area contributed by atoms with E-state index in [4.69, 9.17) is 16.6 Å². The quantitative estimate of drug-likeness (QED) is 0.348. The summed E-state index contributed by atoms with van der Waals surface area (Å²) in [6.07, 6.45) is 2.05. The molecule has 0 spiro atoms. The van der Waals surface area contributed by atoms with Gasteiger partial charge in [0.05, 0.1) is 14.6 Å². The van der Waals surface area contributed by atoms with E-state index in [1.54, 1.807) is 11.0 Å². The van der Waals surface area contributed by atoms with Gasteiger partial charge in [0.15, 0.2) is 5.13 Å². The number of thiophene rings is 1. The maximum atomic E-state index is 14.0. The highest BCUT2D eigenvalue weighted by Gasteiger charge is 2.42. The second-order valence-electron chi connectivity index (χ2n) is 8.50. The summed E-state index contributed by atoms with van der Waals surface area (Å²) in [5, 5.41) is 0.619. The number of likely N-dealkylation sites (N-methyl/N-ethyl adjacent to an activating group) is 1. The van der Waals surface area contributed by atoms with E-state index in [-0.39, 0.29) is 10.1 Å². The van der Waals surface area contributed by atoms with E-state index >= 15 is 0 Å². The number of fused-ring (bicyclic) bond motifs is 1. The molecule has 1 fully saturated rings. The van der Waals surface area contributed by atoms with Crippen LogP contribution in [0.5, 0.6) is 0 Å². The van der Waals surface area contributed by atoms with Gasteiger partial charge in [0, 0.05) is 19.6 Å². The minimum atomic E-state index is -3.81. The molecule has 4 rings (SSSR count). The minimum Gasteiger partial charge on any atom is -0.302 e. The SMILES string of the molecule is CCc1ccc2nc(N(CCN(CC)CC)C(=O)C3CCCN3S(=O)(=O)c3ccc(Cl)s3)sc2c1. The number of aryl methyl sites for hydroxylation is 1. The molecule has 11 heteroatoms. The van der Waals surface area contributed by atoms with E-state index in [2.05, 4.69) is 37.8 Å². The molecular formula is C24H31ClN4O3S3. The number of thiazole rings is 1. The van der Waals surface area contributed by atoms with Gasteiger partial charge in [0.25, 0.3) is 10.0 Å². The summed E-state index contributed by atoms with van der Waals surface area (Å²) in [4.78, 5) is 22.7. The van der Waals surface area contributed by atoms with Gasteiger partial charge in [0.2, 0.25) is 5.91 Å². The van der Waals surface area contributed by atoms with Crippen LogP contribution < -0.4 is 4.90 Å². The average molecular weight is 555 g/mol. The van der Waals surface area contributed by atoms with Gasteiger partial charge < -0.3 is 4.90 Å². The highest BCUT2D eigenvalue weighted by molar-refractivity contribution is 7.91. The summed E-state index contributed by atoms with van der Waals surface area (Å²) in [5.41, 5.74) is 2.07. The molecule has 1 aromatic carbocycles. The Morgan fingerprint density at radius 2 is 1.91 bits per heavy atom. The topological polar surface area (TPSA) is 73.8 Å². The molecule has 0 aliphatic carbocycles. The summed E-state index contributed by atoms with van der Waals surface area (Å²) in [6, 6.07) is 8.51. The number of sulfonamides is 1. The standard InChI is InChI=1S/C24H31ClN4O3S3/c1-4-17-9-10-18-20(16-17)33-24(26-18)28(15-14-27(5-2)6-3)23(30)19-8-7-13-29(19)35(31,32)22-12-11-21(25)34-22/h9-12,16,19H,4-8,13-15H2,1-3H3.